The molecule has 2 aromatic rings. The average Bonchev–Trinajstić information content (AvgIpc) is 2.74. The number of sulfonamides is 1. The minimum absolute atomic E-state index is 0.0397. The smallest absolute Gasteiger partial charge is 0.243 e. The molecule has 156 valence electrons. The normalized spacial score (nSPS) is 15.9. The largest absolute Gasteiger partial charge is 0.355 e. The molecule has 0 saturated carbocycles. The zero-order valence-electron chi connectivity index (χ0n) is 16.7. The number of hydrogen-bond acceptors (Lipinski definition) is 4. The van der Waals surface area contributed by atoms with Crippen molar-refractivity contribution in [2.75, 3.05) is 25.4 Å². The molecule has 0 atom stereocenters. The van der Waals surface area contributed by atoms with Gasteiger partial charge in [-0.1, -0.05) is 48.0 Å². The summed E-state index contributed by atoms with van der Waals surface area (Å²) < 4.78 is 26.8. The zero-order chi connectivity index (χ0) is 20.7. The summed E-state index contributed by atoms with van der Waals surface area (Å²) in [5, 5.41) is 3.01. The monoisotopic (exact) mass is 432 g/mol. The molecule has 5 nitrogen and oxygen atoms in total. The number of aryl methyl sites for hydroxylation is 1. The average molecular weight is 433 g/mol. The van der Waals surface area contributed by atoms with Crippen LogP contribution in [0.4, 0.5) is 0 Å². The van der Waals surface area contributed by atoms with E-state index < -0.39 is 10.0 Å². The first-order chi connectivity index (χ1) is 14.0. The maximum Gasteiger partial charge on any atom is 0.243 e. The molecule has 29 heavy (non-hydrogen) atoms. The maximum atomic E-state index is 12.7. The van der Waals surface area contributed by atoms with Crippen LogP contribution in [0.3, 0.4) is 0 Å². The SMILES string of the molecule is Cc1cccc(CSCCNC(=O)C2CCN(S(=O)(=O)c3ccccc3)CC2)c1. The molecule has 0 bridgehead atoms. The molecule has 1 aliphatic rings. The summed E-state index contributed by atoms with van der Waals surface area (Å²) in [6.07, 6.45) is 1.13. The first kappa shape index (κ1) is 21.9. The van der Waals surface area contributed by atoms with Gasteiger partial charge in [-0.2, -0.15) is 16.1 Å². The first-order valence-electron chi connectivity index (χ1n) is 9.93. The van der Waals surface area contributed by atoms with Crippen molar-refractivity contribution in [2.45, 2.75) is 30.4 Å². The molecule has 0 spiro atoms. The standard InChI is InChI=1S/C22H28N2O3S2/c1-18-6-5-7-19(16-18)17-28-15-12-23-22(25)20-10-13-24(14-11-20)29(26,27)21-8-3-2-4-9-21/h2-9,16,20H,10-15,17H2,1H3,(H,23,25). The molecule has 1 saturated heterocycles. The molecule has 1 amide bonds. The van der Waals surface area contributed by atoms with Crippen LogP contribution in [0.15, 0.2) is 59.5 Å². The highest BCUT2D eigenvalue weighted by molar-refractivity contribution is 7.98. The Labute approximate surface area is 177 Å². The summed E-state index contributed by atoms with van der Waals surface area (Å²) in [6, 6.07) is 16.9. The Morgan fingerprint density at radius 2 is 1.83 bits per heavy atom. The van der Waals surface area contributed by atoms with Crippen molar-refractivity contribution in [1.82, 2.24) is 9.62 Å². The van der Waals surface area contributed by atoms with Crippen LogP contribution in [-0.2, 0) is 20.6 Å². The number of hydrogen-bond donors (Lipinski definition) is 1. The molecule has 3 rings (SSSR count). The second-order valence-electron chi connectivity index (χ2n) is 7.32. The van der Waals surface area contributed by atoms with Crippen LogP contribution in [-0.4, -0.2) is 44.0 Å². The molecule has 0 aliphatic carbocycles. The van der Waals surface area contributed by atoms with Crippen molar-refractivity contribution in [3.05, 3.63) is 65.7 Å². The number of amides is 1. The van der Waals surface area contributed by atoms with Crippen LogP contribution in [0.25, 0.3) is 0 Å². The Morgan fingerprint density at radius 3 is 2.52 bits per heavy atom. The molecule has 1 heterocycles. The first-order valence-corrected chi connectivity index (χ1v) is 12.5. The van der Waals surface area contributed by atoms with Gasteiger partial charge in [0, 0.05) is 37.1 Å². The molecule has 1 aliphatic heterocycles. The molecule has 2 aromatic carbocycles. The van der Waals surface area contributed by atoms with Gasteiger partial charge in [0.2, 0.25) is 15.9 Å². The van der Waals surface area contributed by atoms with E-state index in [-0.39, 0.29) is 11.8 Å². The van der Waals surface area contributed by atoms with Crippen molar-refractivity contribution in [3.63, 3.8) is 0 Å². The molecular formula is C22H28N2O3S2. The van der Waals surface area contributed by atoms with Gasteiger partial charge in [0.25, 0.3) is 0 Å². The highest BCUT2D eigenvalue weighted by atomic mass is 32.2. The van der Waals surface area contributed by atoms with Crippen molar-refractivity contribution >= 4 is 27.7 Å². The van der Waals surface area contributed by atoms with E-state index in [1.165, 1.54) is 15.4 Å². The van der Waals surface area contributed by atoms with Crippen LogP contribution in [0.2, 0.25) is 0 Å². The van der Waals surface area contributed by atoms with E-state index >= 15 is 0 Å². The van der Waals surface area contributed by atoms with Gasteiger partial charge in [-0.05, 0) is 37.5 Å². The Balaban J connectivity index is 1.38. The lowest BCUT2D eigenvalue weighted by Gasteiger charge is -2.30. The van der Waals surface area contributed by atoms with Crippen molar-refractivity contribution in [1.29, 1.82) is 0 Å². The van der Waals surface area contributed by atoms with Crippen molar-refractivity contribution < 1.29 is 13.2 Å². The van der Waals surface area contributed by atoms with Gasteiger partial charge in [-0.25, -0.2) is 8.42 Å². The van der Waals surface area contributed by atoms with E-state index in [0.717, 1.165) is 11.5 Å². The fraction of sp³-hybridized carbons (Fsp3) is 0.409. The van der Waals surface area contributed by atoms with Crippen molar-refractivity contribution in [2.24, 2.45) is 5.92 Å². The molecule has 7 heteroatoms. The van der Waals surface area contributed by atoms with E-state index in [1.54, 1.807) is 42.1 Å². The van der Waals surface area contributed by atoms with Gasteiger partial charge in [0.1, 0.15) is 0 Å². The summed E-state index contributed by atoms with van der Waals surface area (Å²) in [6.45, 7) is 3.50. The Morgan fingerprint density at radius 1 is 1.10 bits per heavy atom. The number of piperidine rings is 1. The van der Waals surface area contributed by atoms with Crippen LogP contribution >= 0.6 is 11.8 Å². The maximum absolute atomic E-state index is 12.7. The lowest BCUT2D eigenvalue weighted by atomic mass is 9.97. The third-order valence-corrected chi connectivity index (χ3v) is 8.05. The quantitative estimate of drug-likeness (QED) is 0.649. The molecular weight excluding hydrogens is 404 g/mol. The Bertz CT molecular complexity index is 909. The number of benzene rings is 2. The predicted molar refractivity (Wildman–Crippen MR) is 118 cm³/mol. The van der Waals surface area contributed by atoms with E-state index in [1.807, 2.05) is 0 Å². The summed E-state index contributed by atoms with van der Waals surface area (Å²) in [4.78, 5) is 12.7. The van der Waals surface area contributed by atoms with E-state index in [0.29, 0.717) is 37.4 Å². The highest BCUT2D eigenvalue weighted by Crippen LogP contribution is 2.24. The summed E-state index contributed by atoms with van der Waals surface area (Å²) in [5.74, 6) is 1.73. The fourth-order valence-electron chi connectivity index (χ4n) is 3.48. The third-order valence-electron chi connectivity index (χ3n) is 5.10. The lowest BCUT2D eigenvalue weighted by molar-refractivity contribution is -0.125. The van der Waals surface area contributed by atoms with Gasteiger partial charge in [-0.3, -0.25) is 4.79 Å². The number of thioether (sulfide) groups is 1. The minimum Gasteiger partial charge on any atom is -0.355 e. The number of nitrogens with one attached hydrogen (secondary N) is 1. The van der Waals surface area contributed by atoms with Crippen LogP contribution in [0, 0.1) is 12.8 Å². The summed E-state index contributed by atoms with van der Waals surface area (Å²) in [5.41, 5.74) is 2.56. The van der Waals surface area contributed by atoms with Gasteiger partial charge in [-0.15, -0.1) is 0 Å². The van der Waals surface area contributed by atoms with E-state index in [9.17, 15) is 13.2 Å². The predicted octanol–water partition coefficient (Wildman–Crippen LogP) is 3.45. The Hall–Kier alpha value is -1.83. The van der Waals surface area contributed by atoms with Crippen LogP contribution in [0.5, 0.6) is 0 Å². The molecule has 0 unspecified atom stereocenters. The van der Waals surface area contributed by atoms with Crippen LogP contribution in [0.1, 0.15) is 24.0 Å². The topological polar surface area (TPSA) is 66.5 Å². The van der Waals surface area contributed by atoms with Crippen LogP contribution < -0.4 is 5.32 Å². The lowest BCUT2D eigenvalue weighted by Crippen LogP contribution is -2.43. The van der Waals surface area contributed by atoms with Gasteiger partial charge in [0.05, 0.1) is 4.90 Å². The third kappa shape index (κ3) is 6.07. The fourth-order valence-corrected chi connectivity index (χ4v) is 5.78. The van der Waals surface area contributed by atoms with Gasteiger partial charge < -0.3 is 5.32 Å². The minimum atomic E-state index is -3.47. The highest BCUT2D eigenvalue weighted by Gasteiger charge is 2.31. The van der Waals surface area contributed by atoms with E-state index in [2.05, 4.69) is 36.5 Å². The molecule has 0 aromatic heterocycles. The number of carbonyl (C=O) groups excluding carboxylic acids is 1. The molecule has 1 fully saturated rings. The summed E-state index contributed by atoms with van der Waals surface area (Å²) >= 11 is 1.80. The Kier molecular flexibility index (Phi) is 7.75. The second-order valence-corrected chi connectivity index (χ2v) is 10.4. The van der Waals surface area contributed by atoms with Gasteiger partial charge >= 0.3 is 0 Å². The van der Waals surface area contributed by atoms with E-state index in [4.69, 9.17) is 0 Å². The molecule has 0 radical (unpaired) electrons. The number of carbonyl (C=O) groups is 1. The second kappa shape index (κ2) is 10.3. The molecule has 1 N–H and O–H groups in total. The zero-order valence-corrected chi connectivity index (χ0v) is 18.3. The summed E-state index contributed by atoms with van der Waals surface area (Å²) in [7, 11) is -3.47. The van der Waals surface area contributed by atoms with Crippen molar-refractivity contribution in [3.8, 4) is 0 Å². The number of rotatable bonds is 8. The number of nitrogens with zero attached hydrogens (tertiary/aromatic N) is 1. The van der Waals surface area contributed by atoms with Gasteiger partial charge in [0.15, 0.2) is 0 Å².